The fraction of sp³-hybridized carbons (Fsp3) is 0.467. The molecule has 0 radical (unpaired) electrons. The number of ether oxygens (including phenoxy) is 1. The van der Waals surface area contributed by atoms with Crippen molar-refractivity contribution < 1.29 is 22.7 Å². The monoisotopic (exact) mass is 342 g/mol. The van der Waals surface area contributed by atoms with Crippen LogP contribution in [0.25, 0.3) is 0 Å². The zero-order valence-corrected chi connectivity index (χ0v) is 14.2. The van der Waals surface area contributed by atoms with Crippen LogP contribution in [0.4, 0.5) is 0 Å². The van der Waals surface area contributed by atoms with Crippen molar-refractivity contribution in [2.75, 3.05) is 0 Å². The van der Waals surface area contributed by atoms with E-state index in [2.05, 4.69) is 4.72 Å². The lowest BCUT2D eigenvalue weighted by atomic mass is 10.1. The Hall–Kier alpha value is -1.93. The lowest BCUT2D eigenvalue weighted by molar-refractivity contribution is -0.149. The van der Waals surface area contributed by atoms with Crippen molar-refractivity contribution in [1.29, 1.82) is 0 Å². The fourth-order valence-corrected chi connectivity index (χ4v) is 3.02. The van der Waals surface area contributed by atoms with Crippen LogP contribution in [0.1, 0.15) is 32.3 Å². The molecule has 7 nitrogen and oxygen atoms in total. The molecule has 0 bridgehead atoms. The molecule has 1 aromatic carbocycles. The van der Waals surface area contributed by atoms with Crippen LogP contribution < -0.4 is 10.5 Å². The number of esters is 1. The maximum absolute atomic E-state index is 12.4. The van der Waals surface area contributed by atoms with Crippen LogP contribution in [0, 0.1) is 6.92 Å². The molecule has 23 heavy (non-hydrogen) atoms. The largest absolute Gasteiger partial charge is 0.462 e. The molecule has 0 aromatic heterocycles. The molecule has 1 amide bonds. The number of hydrogen-bond acceptors (Lipinski definition) is 5. The zero-order chi connectivity index (χ0) is 17.6. The van der Waals surface area contributed by atoms with Crippen molar-refractivity contribution in [2.24, 2.45) is 5.73 Å². The minimum atomic E-state index is -3.91. The van der Waals surface area contributed by atoms with Gasteiger partial charge in [0.25, 0.3) is 0 Å². The number of nitrogens with two attached hydrogens (primary N) is 1. The molecule has 0 heterocycles. The first kappa shape index (κ1) is 19.1. The van der Waals surface area contributed by atoms with Crippen LogP contribution >= 0.6 is 0 Å². The van der Waals surface area contributed by atoms with Gasteiger partial charge in [-0.25, -0.2) is 8.42 Å². The van der Waals surface area contributed by atoms with E-state index in [-0.39, 0.29) is 17.7 Å². The summed E-state index contributed by atoms with van der Waals surface area (Å²) in [5.74, 6) is -1.36. The van der Waals surface area contributed by atoms with Gasteiger partial charge in [0.15, 0.2) is 0 Å². The number of nitrogens with one attached hydrogen (secondary N) is 1. The van der Waals surface area contributed by atoms with Crippen molar-refractivity contribution in [3.05, 3.63) is 29.8 Å². The number of amides is 1. The molecule has 1 unspecified atom stereocenters. The van der Waals surface area contributed by atoms with Gasteiger partial charge in [-0.15, -0.1) is 0 Å². The molecule has 0 aliphatic rings. The van der Waals surface area contributed by atoms with Crippen molar-refractivity contribution in [1.82, 2.24) is 4.72 Å². The Kier molecular flexibility index (Phi) is 6.71. The molecular formula is C15H22N2O5S. The lowest BCUT2D eigenvalue weighted by Crippen LogP contribution is -2.43. The van der Waals surface area contributed by atoms with Crippen LogP contribution in [0.2, 0.25) is 0 Å². The van der Waals surface area contributed by atoms with Gasteiger partial charge in [-0.2, -0.15) is 4.72 Å². The van der Waals surface area contributed by atoms with Crippen LogP contribution in [-0.4, -0.2) is 32.4 Å². The average Bonchev–Trinajstić information content (AvgIpc) is 2.42. The van der Waals surface area contributed by atoms with Gasteiger partial charge in [-0.3, -0.25) is 9.59 Å². The molecule has 0 aliphatic carbocycles. The number of sulfonamides is 1. The first-order chi connectivity index (χ1) is 10.6. The number of primary amides is 1. The molecule has 0 saturated carbocycles. The van der Waals surface area contributed by atoms with E-state index >= 15 is 0 Å². The van der Waals surface area contributed by atoms with Gasteiger partial charge in [-0.1, -0.05) is 17.7 Å². The minimum absolute atomic E-state index is 0.0320. The van der Waals surface area contributed by atoms with Crippen molar-refractivity contribution >= 4 is 21.9 Å². The second kappa shape index (κ2) is 8.07. The molecule has 3 N–H and O–H groups in total. The van der Waals surface area contributed by atoms with E-state index in [4.69, 9.17) is 10.5 Å². The molecule has 1 rings (SSSR count). The quantitative estimate of drug-likeness (QED) is 0.680. The highest BCUT2D eigenvalue weighted by molar-refractivity contribution is 7.89. The average molecular weight is 342 g/mol. The van der Waals surface area contributed by atoms with Crippen LogP contribution in [0.3, 0.4) is 0 Å². The highest BCUT2D eigenvalue weighted by atomic mass is 32.2. The molecule has 1 aromatic rings. The molecule has 8 heteroatoms. The maximum Gasteiger partial charge on any atom is 0.324 e. The standard InChI is InChI=1S/C15H22N2O5S/c1-10(2)22-15(19)13(8-9-14(16)18)17-23(20,21)12-6-4-11(3)5-7-12/h4-7,10,13,17H,8-9H2,1-3H3,(H2,16,18). The van der Waals surface area contributed by atoms with Crippen molar-refractivity contribution in [3.63, 3.8) is 0 Å². The number of rotatable bonds is 8. The first-order valence-electron chi connectivity index (χ1n) is 7.19. The lowest BCUT2D eigenvalue weighted by Gasteiger charge is -2.18. The Labute approximate surface area is 136 Å². The van der Waals surface area contributed by atoms with E-state index in [1.807, 2.05) is 6.92 Å². The summed E-state index contributed by atoms with van der Waals surface area (Å²) in [6.45, 7) is 5.13. The number of carbonyl (C=O) groups excluding carboxylic acids is 2. The van der Waals surface area contributed by atoms with Gasteiger partial charge >= 0.3 is 5.97 Å². The van der Waals surface area contributed by atoms with Crippen LogP contribution in [0.5, 0.6) is 0 Å². The number of benzene rings is 1. The Bertz CT molecular complexity index is 653. The summed E-state index contributed by atoms with van der Waals surface area (Å²) in [6, 6.07) is 5.02. The topological polar surface area (TPSA) is 116 Å². The van der Waals surface area contributed by atoms with E-state index < -0.39 is 34.0 Å². The summed E-state index contributed by atoms with van der Waals surface area (Å²) < 4.78 is 32.0. The third-order valence-electron chi connectivity index (χ3n) is 2.94. The second-order valence-corrected chi connectivity index (χ2v) is 7.19. The van der Waals surface area contributed by atoms with E-state index in [1.54, 1.807) is 26.0 Å². The first-order valence-corrected chi connectivity index (χ1v) is 8.68. The second-order valence-electron chi connectivity index (χ2n) is 5.48. The Balaban J connectivity index is 2.95. The third-order valence-corrected chi connectivity index (χ3v) is 4.43. The third kappa shape index (κ3) is 6.37. The molecule has 0 aliphatic heterocycles. The maximum atomic E-state index is 12.4. The molecule has 0 fully saturated rings. The van der Waals surface area contributed by atoms with Crippen LogP contribution in [0.15, 0.2) is 29.2 Å². The van der Waals surface area contributed by atoms with Crippen molar-refractivity contribution in [2.45, 2.75) is 50.7 Å². The van der Waals surface area contributed by atoms with Crippen molar-refractivity contribution in [3.8, 4) is 0 Å². The van der Waals surface area contributed by atoms with Gasteiger partial charge in [0.1, 0.15) is 6.04 Å². The molecule has 0 spiro atoms. The summed E-state index contributed by atoms with van der Waals surface area (Å²) >= 11 is 0. The highest BCUT2D eigenvalue weighted by Gasteiger charge is 2.27. The van der Waals surface area contributed by atoms with Gasteiger partial charge in [-0.05, 0) is 39.3 Å². The van der Waals surface area contributed by atoms with Crippen LogP contribution in [-0.2, 0) is 24.3 Å². The van der Waals surface area contributed by atoms with E-state index in [0.29, 0.717) is 0 Å². The summed E-state index contributed by atoms with van der Waals surface area (Å²) in [7, 11) is -3.91. The predicted octanol–water partition coefficient (Wildman–Crippen LogP) is 0.859. The number of carbonyl (C=O) groups is 2. The van der Waals surface area contributed by atoms with Gasteiger partial charge in [0, 0.05) is 6.42 Å². The number of aryl methyl sites for hydroxylation is 1. The minimum Gasteiger partial charge on any atom is -0.462 e. The smallest absolute Gasteiger partial charge is 0.324 e. The van der Waals surface area contributed by atoms with E-state index in [0.717, 1.165) is 5.56 Å². The van der Waals surface area contributed by atoms with Gasteiger partial charge < -0.3 is 10.5 Å². The number of hydrogen-bond donors (Lipinski definition) is 2. The van der Waals surface area contributed by atoms with E-state index in [9.17, 15) is 18.0 Å². The summed E-state index contributed by atoms with van der Waals surface area (Å²) in [5, 5.41) is 0. The summed E-state index contributed by atoms with van der Waals surface area (Å²) in [6.07, 6.45) is -0.595. The fourth-order valence-electron chi connectivity index (χ4n) is 1.80. The predicted molar refractivity (Wildman–Crippen MR) is 84.9 cm³/mol. The van der Waals surface area contributed by atoms with E-state index in [1.165, 1.54) is 12.1 Å². The Morgan fingerprint density at radius 3 is 2.26 bits per heavy atom. The molecule has 1 atom stereocenters. The molecular weight excluding hydrogens is 320 g/mol. The normalized spacial score (nSPS) is 12.9. The SMILES string of the molecule is Cc1ccc(S(=O)(=O)NC(CCC(N)=O)C(=O)OC(C)C)cc1. The highest BCUT2D eigenvalue weighted by Crippen LogP contribution is 2.13. The molecule has 0 saturated heterocycles. The Morgan fingerprint density at radius 1 is 1.22 bits per heavy atom. The summed E-state index contributed by atoms with van der Waals surface area (Å²) in [4.78, 5) is 23.0. The summed E-state index contributed by atoms with van der Waals surface area (Å²) in [5.41, 5.74) is 5.98. The molecule has 128 valence electrons. The zero-order valence-electron chi connectivity index (χ0n) is 13.4. The van der Waals surface area contributed by atoms with Gasteiger partial charge in [0.05, 0.1) is 11.0 Å². The Morgan fingerprint density at radius 2 is 1.78 bits per heavy atom. The van der Waals surface area contributed by atoms with Gasteiger partial charge in [0.2, 0.25) is 15.9 Å².